The van der Waals surface area contributed by atoms with Crippen LogP contribution in [0.15, 0.2) is 10.8 Å². The molecule has 0 radical (unpaired) electrons. The van der Waals surface area contributed by atoms with Crippen LogP contribution in [0.1, 0.15) is 32.8 Å². The van der Waals surface area contributed by atoms with Crippen LogP contribution in [0.5, 0.6) is 0 Å². The summed E-state index contributed by atoms with van der Waals surface area (Å²) in [6, 6.07) is 0. The molecule has 4 heteroatoms. The Morgan fingerprint density at radius 3 is 2.62 bits per heavy atom. The van der Waals surface area contributed by atoms with Gasteiger partial charge in [-0.3, -0.25) is 4.68 Å². The Morgan fingerprint density at radius 1 is 1.62 bits per heavy atom. The monoisotopic (exact) mass is 264 g/mol. The SMILES string of the molecule is CCC(C)(C)n1cc(CCl)c(Br)n1. The van der Waals surface area contributed by atoms with Gasteiger partial charge in [-0.25, -0.2) is 0 Å². The van der Waals surface area contributed by atoms with Gasteiger partial charge in [0.1, 0.15) is 4.60 Å². The molecule has 0 atom stereocenters. The van der Waals surface area contributed by atoms with Crippen LogP contribution in [-0.4, -0.2) is 9.78 Å². The molecule has 0 aliphatic heterocycles. The van der Waals surface area contributed by atoms with Crippen LogP contribution >= 0.6 is 27.5 Å². The Labute approximate surface area is 92.4 Å². The molecule has 74 valence electrons. The van der Waals surface area contributed by atoms with Crippen LogP contribution < -0.4 is 0 Å². The van der Waals surface area contributed by atoms with Gasteiger partial charge in [-0.05, 0) is 36.2 Å². The van der Waals surface area contributed by atoms with Crippen molar-refractivity contribution in [2.24, 2.45) is 0 Å². The van der Waals surface area contributed by atoms with Crippen molar-refractivity contribution in [3.8, 4) is 0 Å². The van der Waals surface area contributed by atoms with Crippen LogP contribution in [0, 0.1) is 0 Å². The van der Waals surface area contributed by atoms with Gasteiger partial charge in [-0.1, -0.05) is 6.92 Å². The summed E-state index contributed by atoms with van der Waals surface area (Å²) in [6.45, 7) is 6.46. The van der Waals surface area contributed by atoms with Crippen molar-refractivity contribution in [1.29, 1.82) is 0 Å². The van der Waals surface area contributed by atoms with Gasteiger partial charge in [0, 0.05) is 11.8 Å². The highest BCUT2D eigenvalue weighted by Gasteiger charge is 2.19. The molecule has 1 rings (SSSR count). The van der Waals surface area contributed by atoms with Crippen molar-refractivity contribution in [1.82, 2.24) is 9.78 Å². The first-order chi connectivity index (χ1) is 6.01. The molecular formula is C9H14BrClN2. The Balaban J connectivity index is 3.03. The van der Waals surface area contributed by atoms with Crippen LogP contribution in [-0.2, 0) is 11.4 Å². The summed E-state index contributed by atoms with van der Waals surface area (Å²) >= 11 is 9.14. The molecule has 0 spiro atoms. The van der Waals surface area contributed by atoms with E-state index in [0.717, 1.165) is 16.6 Å². The Morgan fingerprint density at radius 2 is 2.23 bits per heavy atom. The van der Waals surface area contributed by atoms with Gasteiger partial charge in [0.15, 0.2) is 0 Å². The normalized spacial score (nSPS) is 12.1. The summed E-state index contributed by atoms with van der Waals surface area (Å²) in [7, 11) is 0. The standard InChI is InChI=1S/C9H14BrClN2/c1-4-9(2,3)13-6-7(5-11)8(10)12-13/h6H,4-5H2,1-3H3. The molecule has 0 bridgehead atoms. The van der Waals surface area contributed by atoms with Crippen LogP contribution in [0.25, 0.3) is 0 Å². The maximum absolute atomic E-state index is 5.76. The summed E-state index contributed by atoms with van der Waals surface area (Å²) in [5.41, 5.74) is 1.11. The molecule has 1 aromatic rings. The molecule has 1 heterocycles. The predicted molar refractivity (Wildman–Crippen MR) is 59.1 cm³/mol. The second-order valence-electron chi connectivity index (χ2n) is 3.69. The first-order valence-electron chi connectivity index (χ1n) is 4.31. The van der Waals surface area contributed by atoms with E-state index in [1.165, 1.54) is 0 Å². The van der Waals surface area contributed by atoms with Crippen molar-refractivity contribution >= 4 is 27.5 Å². The minimum Gasteiger partial charge on any atom is -0.266 e. The molecule has 1 aromatic heterocycles. The van der Waals surface area contributed by atoms with E-state index >= 15 is 0 Å². The van der Waals surface area contributed by atoms with Crippen molar-refractivity contribution in [3.05, 3.63) is 16.4 Å². The van der Waals surface area contributed by atoms with Crippen molar-refractivity contribution in [3.63, 3.8) is 0 Å². The molecule has 0 saturated heterocycles. The zero-order valence-corrected chi connectivity index (χ0v) is 10.5. The fourth-order valence-corrected chi connectivity index (χ4v) is 1.72. The van der Waals surface area contributed by atoms with Gasteiger partial charge in [-0.2, -0.15) is 5.10 Å². The fraction of sp³-hybridized carbons (Fsp3) is 0.667. The third-order valence-electron chi connectivity index (χ3n) is 2.37. The van der Waals surface area contributed by atoms with Gasteiger partial charge in [-0.15, -0.1) is 11.6 Å². The zero-order chi connectivity index (χ0) is 10.1. The van der Waals surface area contributed by atoms with E-state index in [1.54, 1.807) is 0 Å². The summed E-state index contributed by atoms with van der Waals surface area (Å²) in [6.07, 6.45) is 3.05. The fourth-order valence-electron chi connectivity index (χ4n) is 0.950. The van der Waals surface area contributed by atoms with E-state index in [-0.39, 0.29) is 5.54 Å². The van der Waals surface area contributed by atoms with Crippen molar-refractivity contribution < 1.29 is 0 Å². The van der Waals surface area contributed by atoms with Crippen LogP contribution in [0.4, 0.5) is 0 Å². The Bertz CT molecular complexity index is 294. The molecule has 0 fully saturated rings. The highest BCUT2D eigenvalue weighted by atomic mass is 79.9. The topological polar surface area (TPSA) is 17.8 Å². The summed E-state index contributed by atoms with van der Waals surface area (Å²) in [5, 5.41) is 4.37. The molecule has 0 amide bonds. The summed E-state index contributed by atoms with van der Waals surface area (Å²) in [5.74, 6) is 0.500. The molecule has 0 N–H and O–H groups in total. The number of hydrogen-bond acceptors (Lipinski definition) is 1. The molecule has 0 saturated carbocycles. The van der Waals surface area contributed by atoms with E-state index in [0.29, 0.717) is 5.88 Å². The third-order valence-corrected chi connectivity index (χ3v) is 3.32. The third kappa shape index (κ3) is 2.26. The van der Waals surface area contributed by atoms with Crippen LogP contribution in [0.3, 0.4) is 0 Å². The Hall–Kier alpha value is -0.0200. The number of rotatable bonds is 3. The van der Waals surface area contributed by atoms with Gasteiger partial charge >= 0.3 is 0 Å². The van der Waals surface area contributed by atoms with E-state index < -0.39 is 0 Å². The lowest BCUT2D eigenvalue weighted by Gasteiger charge is -2.23. The minimum atomic E-state index is 0.0623. The van der Waals surface area contributed by atoms with Crippen molar-refractivity contribution in [2.75, 3.05) is 0 Å². The second kappa shape index (κ2) is 4.01. The predicted octanol–water partition coefficient (Wildman–Crippen LogP) is 3.53. The van der Waals surface area contributed by atoms with E-state index in [4.69, 9.17) is 11.6 Å². The van der Waals surface area contributed by atoms with E-state index in [2.05, 4.69) is 41.8 Å². The molecule has 0 aliphatic rings. The largest absolute Gasteiger partial charge is 0.266 e. The zero-order valence-electron chi connectivity index (χ0n) is 8.14. The van der Waals surface area contributed by atoms with Crippen LogP contribution in [0.2, 0.25) is 0 Å². The lowest BCUT2D eigenvalue weighted by atomic mass is 10.0. The maximum atomic E-state index is 5.76. The molecule has 0 aliphatic carbocycles. The molecule has 0 aromatic carbocycles. The van der Waals surface area contributed by atoms with Crippen molar-refractivity contribution in [2.45, 2.75) is 38.6 Å². The average molecular weight is 266 g/mol. The second-order valence-corrected chi connectivity index (χ2v) is 4.71. The minimum absolute atomic E-state index is 0.0623. The van der Waals surface area contributed by atoms with E-state index in [1.807, 2.05) is 10.9 Å². The maximum Gasteiger partial charge on any atom is 0.132 e. The number of nitrogens with zero attached hydrogens (tertiary/aromatic N) is 2. The Kier molecular flexibility index (Phi) is 3.41. The number of alkyl halides is 1. The van der Waals surface area contributed by atoms with Gasteiger partial charge in [0.05, 0.1) is 11.4 Å². The number of halogens is 2. The first-order valence-corrected chi connectivity index (χ1v) is 5.64. The molecule has 2 nitrogen and oxygen atoms in total. The van der Waals surface area contributed by atoms with Gasteiger partial charge in [0.25, 0.3) is 0 Å². The summed E-state index contributed by atoms with van der Waals surface area (Å²) in [4.78, 5) is 0. The quantitative estimate of drug-likeness (QED) is 0.765. The molecular weight excluding hydrogens is 251 g/mol. The first kappa shape index (κ1) is 11.1. The molecule has 0 unspecified atom stereocenters. The number of aromatic nitrogens is 2. The lowest BCUT2D eigenvalue weighted by molar-refractivity contribution is 0.307. The summed E-state index contributed by atoms with van der Waals surface area (Å²) < 4.78 is 2.82. The highest BCUT2D eigenvalue weighted by molar-refractivity contribution is 9.10. The highest BCUT2D eigenvalue weighted by Crippen LogP contribution is 2.23. The van der Waals surface area contributed by atoms with E-state index in [9.17, 15) is 0 Å². The average Bonchev–Trinajstić information content (AvgIpc) is 2.47. The number of hydrogen-bond donors (Lipinski definition) is 0. The van der Waals surface area contributed by atoms with Gasteiger partial charge in [0.2, 0.25) is 0 Å². The van der Waals surface area contributed by atoms with Gasteiger partial charge < -0.3 is 0 Å². The lowest BCUT2D eigenvalue weighted by Crippen LogP contribution is -2.25. The molecule has 13 heavy (non-hydrogen) atoms. The smallest absolute Gasteiger partial charge is 0.132 e.